The van der Waals surface area contributed by atoms with Crippen LogP contribution in [0.1, 0.15) is 59.8 Å². The van der Waals surface area contributed by atoms with Gasteiger partial charge in [-0.05, 0) is 62.5 Å². The van der Waals surface area contributed by atoms with E-state index in [9.17, 15) is 0 Å². The van der Waals surface area contributed by atoms with Crippen LogP contribution in [0.4, 0.5) is 0 Å². The maximum atomic E-state index is 4.03. The summed E-state index contributed by atoms with van der Waals surface area (Å²) in [5.41, 5.74) is 7.47. The Balaban J connectivity index is 2.14. The zero-order valence-corrected chi connectivity index (χ0v) is 13.6. The lowest BCUT2D eigenvalue weighted by molar-refractivity contribution is 0.377. The predicted octanol–water partition coefficient (Wildman–Crippen LogP) is 6.29. The number of allylic oxidation sites excluding steroid dienone is 9. The van der Waals surface area contributed by atoms with Gasteiger partial charge in [-0.2, -0.15) is 0 Å². The first-order chi connectivity index (χ1) is 9.38. The Morgan fingerprint density at radius 3 is 2.60 bits per heavy atom. The quantitative estimate of drug-likeness (QED) is 0.527. The summed E-state index contributed by atoms with van der Waals surface area (Å²) in [7, 11) is 0. The van der Waals surface area contributed by atoms with E-state index >= 15 is 0 Å². The van der Waals surface area contributed by atoms with E-state index in [4.69, 9.17) is 0 Å². The van der Waals surface area contributed by atoms with Crippen LogP contribution >= 0.6 is 0 Å². The minimum atomic E-state index is 0.333. The van der Waals surface area contributed by atoms with E-state index < -0.39 is 0 Å². The van der Waals surface area contributed by atoms with Crippen LogP contribution in [-0.4, -0.2) is 0 Å². The highest BCUT2D eigenvalue weighted by atomic mass is 14.3. The molecule has 0 atom stereocenters. The minimum absolute atomic E-state index is 0.333. The van der Waals surface area contributed by atoms with E-state index in [0.717, 1.165) is 12.8 Å². The molecule has 0 unspecified atom stereocenters. The molecule has 0 aromatic carbocycles. The van der Waals surface area contributed by atoms with E-state index in [1.807, 2.05) is 0 Å². The minimum Gasteiger partial charge on any atom is -0.0958 e. The summed E-state index contributed by atoms with van der Waals surface area (Å²) in [4.78, 5) is 0. The number of hydrogen-bond acceptors (Lipinski definition) is 0. The lowest BCUT2D eigenvalue weighted by Gasteiger charge is -2.32. The molecule has 0 heteroatoms. The molecule has 108 valence electrons. The molecule has 0 nitrogen and oxygen atoms in total. The molecule has 2 rings (SSSR count). The Morgan fingerprint density at radius 1 is 1.25 bits per heavy atom. The van der Waals surface area contributed by atoms with Crippen molar-refractivity contribution < 1.29 is 0 Å². The monoisotopic (exact) mass is 268 g/mol. The SMILES string of the molecule is C=C1C=C(/C=C(C)\C=C\C2=C(C)CCCC2(C)C)CC1. The molecule has 0 saturated carbocycles. The van der Waals surface area contributed by atoms with Gasteiger partial charge in [0, 0.05) is 0 Å². The fourth-order valence-corrected chi connectivity index (χ4v) is 3.39. The van der Waals surface area contributed by atoms with Crippen molar-refractivity contribution in [1.29, 1.82) is 0 Å². The van der Waals surface area contributed by atoms with Gasteiger partial charge < -0.3 is 0 Å². The fraction of sp³-hybridized carbons (Fsp3) is 0.500. The molecular weight excluding hydrogens is 240 g/mol. The average Bonchev–Trinajstić information content (AvgIpc) is 2.73. The molecule has 0 amide bonds. The maximum Gasteiger partial charge on any atom is -0.0104 e. The van der Waals surface area contributed by atoms with Gasteiger partial charge >= 0.3 is 0 Å². The first-order valence-corrected chi connectivity index (χ1v) is 7.83. The second kappa shape index (κ2) is 5.99. The number of rotatable bonds is 3. The molecule has 0 fully saturated rings. The summed E-state index contributed by atoms with van der Waals surface area (Å²) < 4.78 is 0. The van der Waals surface area contributed by atoms with Gasteiger partial charge in [0.15, 0.2) is 0 Å². The van der Waals surface area contributed by atoms with Gasteiger partial charge in [-0.25, -0.2) is 0 Å². The summed E-state index contributed by atoms with van der Waals surface area (Å²) in [6, 6.07) is 0. The third-order valence-electron chi connectivity index (χ3n) is 4.59. The molecule has 0 radical (unpaired) electrons. The van der Waals surface area contributed by atoms with Crippen molar-refractivity contribution in [3.8, 4) is 0 Å². The molecule has 0 bridgehead atoms. The summed E-state index contributed by atoms with van der Waals surface area (Å²) in [6.45, 7) is 13.3. The maximum absolute atomic E-state index is 4.03. The Bertz CT molecular complexity index is 518. The molecule has 2 aliphatic carbocycles. The van der Waals surface area contributed by atoms with Gasteiger partial charge in [-0.1, -0.05) is 61.4 Å². The predicted molar refractivity (Wildman–Crippen MR) is 89.7 cm³/mol. The van der Waals surface area contributed by atoms with E-state index in [1.165, 1.54) is 36.0 Å². The first-order valence-electron chi connectivity index (χ1n) is 7.83. The Kier molecular flexibility index (Phi) is 4.52. The van der Waals surface area contributed by atoms with Crippen molar-refractivity contribution in [2.75, 3.05) is 0 Å². The molecule has 0 N–H and O–H groups in total. The van der Waals surface area contributed by atoms with Crippen molar-refractivity contribution in [2.45, 2.75) is 59.8 Å². The van der Waals surface area contributed by atoms with Crippen LogP contribution in [0.25, 0.3) is 0 Å². The number of hydrogen-bond donors (Lipinski definition) is 0. The van der Waals surface area contributed by atoms with Crippen LogP contribution in [-0.2, 0) is 0 Å². The second-order valence-corrected chi connectivity index (χ2v) is 7.03. The van der Waals surface area contributed by atoms with Crippen LogP contribution < -0.4 is 0 Å². The second-order valence-electron chi connectivity index (χ2n) is 7.03. The Morgan fingerprint density at radius 2 is 2.00 bits per heavy atom. The topological polar surface area (TPSA) is 0 Å². The zero-order valence-electron chi connectivity index (χ0n) is 13.6. The highest BCUT2D eigenvalue weighted by molar-refractivity contribution is 5.41. The summed E-state index contributed by atoms with van der Waals surface area (Å²) in [5.74, 6) is 0. The highest BCUT2D eigenvalue weighted by Crippen LogP contribution is 2.40. The van der Waals surface area contributed by atoms with Crippen molar-refractivity contribution in [2.24, 2.45) is 5.41 Å². The zero-order chi connectivity index (χ0) is 14.8. The summed E-state index contributed by atoms with van der Waals surface area (Å²) in [5, 5.41) is 0. The largest absolute Gasteiger partial charge is 0.0958 e. The summed E-state index contributed by atoms with van der Waals surface area (Å²) in [6.07, 6.45) is 15.3. The molecular formula is C20H28. The Hall–Kier alpha value is -1.30. The molecule has 0 aromatic rings. The third-order valence-corrected chi connectivity index (χ3v) is 4.59. The molecule has 0 spiro atoms. The van der Waals surface area contributed by atoms with Crippen molar-refractivity contribution in [3.05, 3.63) is 58.7 Å². The lowest BCUT2D eigenvalue weighted by atomic mass is 9.72. The lowest BCUT2D eigenvalue weighted by Crippen LogP contribution is -2.19. The van der Waals surface area contributed by atoms with E-state index in [-0.39, 0.29) is 0 Å². The highest BCUT2D eigenvalue weighted by Gasteiger charge is 2.26. The fourth-order valence-electron chi connectivity index (χ4n) is 3.39. The van der Waals surface area contributed by atoms with E-state index in [1.54, 1.807) is 11.1 Å². The Labute approximate surface area is 124 Å². The van der Waals surface area contributed by atoms with Gasteiger partial charge in [0.1, 0.15) is 0 Å². The van der Waals surface area contributed by atoms with E-state index in [0.29, 0.717) is 5.41 Å². The third kappa shape index (κ3) is 3.62. The van der Waals surface area contributed by atoms with Crippen molar-refractivity contribution in [3.63, 3.8) is 0 Å². The van der Waals surface area contributed by atoms with Gasteiger partial charge in [-0.15, -0.1) is 0 Å². The molecule has 0 aliphatic heterocycles. The van der Waals surface area contributed by atoms with Crippen LogP contribution in [0.3, 0.4) is 0 Å². The molecule has 0 heterocycles. The van der Waals surface area contributed by atoms with Crippen molar-refractivity contribution in [1.82, 2.24) is 0 Å². The smallest absolute Gasteiger partial charge is 0.0104 e. The van der Waals surface area contributed by atoms with Crippen LogP contribution in [0, 0.1) is 5.41 Å². The molecule has 20 heavy (non-hydrogen) atoms. The van der Waals surface area contributed by atoms with Crippen molar-refractivity contribution >= 4 is 0 Å². The van der Waals surface area contributed by atoms with Gasteiger partial charge in [0.05, 0.1) is 0 Å². The van der Waals surface area contributed by atoms with Gasteiger partial charge in [0.25, 0.3) is 0 Å². The van der Waals surface area contributed by atoms with E-state index in [2.05, 4.69) is 58.6 Å². The standard InChI is InChI=1S/C20H28/c1-15-8-10-18(13-15)14-16(2)9-11-19-17(3)7-6-12-20(19,4)5/h9,11,13-14H,1,6-8,10,12H2,2-5H3/b11-9+,16-14-. The van der Waals surface area contributed by atoms with Crippen LogP contribution in [0.2, 0.25) is 0 Å². The average molecular weight is 268 g/mol. The normalized spacial score (nSPS) is 23.7. The van der Waals surface area contributed by atoms with Gasteiger partial charge in [-0.3, -0.25) is 0 Å². The van der Waals surface area contributed by atoms with Gasteiger partial charge in [0.2, 0.25) is 0 Å². The molecule has 2 aliphatic rings. The molecule has 0 saturated heterocycles. The van der Waals surface area contributed by atoms with Crippen LogP contribution in [0.15, 0.2) is 58.7 Å². The first kappa shape index (κ1) is 15.1. The van der Waals surface area contributed by atoms with Crippen LogP contribution in [0.5, 0.6) is 0 Å². The molecule has 0 aromatic heterocycles. The summed E-state index contributed by atoms with van der Waals surface area (Å²) >= 11 is 0.